The predicted octanol–water partition coefficient (Wildman–Crippen LogP) is 6.00. The molecule has 0 radical (unpaired) electrons. The molecule has 3 N–H and O–H groups in total. The summed E-state index contributed by atoms with van der Waals surface area (Å²) in [6.07, 6.45) is 3.30. The standard InChI is InChI=1S/C37H42N2O6/c1-39-13-11-25-19-35(43-3)37(45-5)21-27(25)31(39)17-23-7-9-33(41)29(15-23)28-14-22(6-8-32(28)40)16-30-26-20-36(44-4)34(42-2)18-24(26)10-12-38-30/h6-9,14-15,18-21,30-31,38,40-41H,10-13,16-17H2,1-5H3/t30-,31-/m1/s1. The number of methoxy groups -OCH3 is 4. The number of hydrogen-bond donors (Lipinski definition) is 3. The molecule has 0 saturated carbocycles. The highest BCUT2D eigenvalue weighted by Gasteiger charge is 2.28. The number of benzene rings is 4. The van der Waals surface area contributed by atoms with Crippen LogP contribution in [0.15, 0.2) is 60.7 Å². The van der Waals surface area contributed by atoms with Gasteiger partial charge in [0.05, 0.1) is 28.4 Å². The molecule has 0 fully saturated rings. The van der Waals surface area contributed by atoms with E-state index in [1.165, 1.54) is 22.3 Å². The van der Waals surface area contributed by atoms with Gasteiger partial charge in [0.1, 0.15) is 11.5 Å². The van der Waals surface area contributed by atoms with Crippen LogP contribution in [0.25, 0.3) is 11.1 Å². The van der Waals surface area contributed by atoms with Crippen LogP contribution < -0.4 is 24.3 Å². The molecule has 4 aromatic rings. The van der Waals surface area contributed by atoms with Crippen molar-refractivity contribution in [1.29, 1.82) is 0 Å². The summed E-state index contributed by atoms with van der Waals surface area (Å²) in [5.41, 5.74) is 8.24. The lowest BCUT2D eigenvalue weighted by Gasteiger charge is -2.35. The molecule has 0 aliphatic carbocycles. The van der Waals surface area contributed by atoms with Gasteiger partial charge in [-0.25, -0.2) is 0 Å². The average Bonchev–Trinajstić information content (AvgIpc) is 3.06. The molecule has 8 heteroatoms. The molecule has 0 saturated heterocycles. The maximum atomic E-state index is 11.0. The molecule has 45 heavy (non-hydrogen) atoms. The van der Waals surface area contributed by atoms with Gasteiger partial charge in [-0.3, -0.25) is 4.90 Å². The molecule has 0 bridgehead atoms. The zero-order chi connectivity index (χ0) is 31.7. The summed E-state index contributed by atoms with van der Waals surface area (Å²) in [5, 5.41) is 25.7. The van der Waals surface area contributed by atoms with Crippen molar-refractivity contribution < 1.29 is 29.2 Å². The van der Waals surface area contributed by atoms with E-state index in [1.807, 2.05) is 24.3 Å². The zero-order valence-electron chi connectivity index (χ0n) is 26.6. The minimum absolute atomic E-state index is 0.0726. The first-order chi connectivity index (χ1) is 21.8. The lowest BCUT2D eigenvalue weighted by Crippen LogP contribution is -2.33. The van der Waals surface area contributed by atoms with Crippen molar-refractivity contribution >= 4 is 0 Å². The van der Waals surface area contributed by atoms with E-state index < -0.39 is 0 Å². The number of aromatic hydroxyl groups is 2. The highest BCUT2D eigenvalue weighted by molar-refractivity contribution is 5.76. The fourth-order valence-electron chi connectivity index (χ4n) is 6.88. The van der Waals surface area contributed by atoms with Crippen LogP contribution in [0.5, 0.6) is 34.5 Å². The number of phenols is 2. The van der Waals surface area contributed by atoms with Crippen LogP contribution in [-0.4, -0.2) is 63.7 Å². The van der Waals surface area contributed by atoms with Gasteiger partial charge in [0, 0.05) is 29.8 Å². The fourth-order valence-corrected chi connectivity index (χ4v) is 6.88. The second-order valence-corrected chi connectivity index (χ2v) is 11.9. The van der Waals surface area contributed by atoms with E-state index in [4.69, 9.17) is 18.9 Å². The van der Waals surface area contributed by atoms with Gasteiger partial charge in [-0.2, -0.15) is 0 Å². The van der Waals surface area contributed by atoms with Crippen molar-refractivity contribution in [3.05, 3.63) is 94.0 Å². The number of rotatable bonds is 9. The molecule has 0 aromatic heterocycles. The number of ether oxygens (including phenoxy) is 4. The van der Waals surface area contributed by atoms with Gasteiger partial charge < -0.3 is 34.5 Å². The number of hydrogen-bond acceptors (Lipinski definition) is 8. The van der Waals surface area contributed by atoms with E-state index in [-0.39, 0.29) is 23.6 Å². The lowest BCUT2D eigenvalue weighted by atomic mass is 9.87. The number of fused-ring (bicyclic) bond motifs is 2. The highest BCUT2D eigenvalue weighted by Crippen LogP contribution is 2.42. The van der Waals surface area contributed by atoms with E-state index in [2.05, 4.69) is 41.5 Å². The summed E-state index contributed by atoms with van der Waals surface area (Å²) in [6.45, 7) is 1.79. The van der Waals surface area contributed by atoms with E-state index in [9.17, 15) is 10.2 Å². The van der Waals surface area contributed by atoms with Gasteiger partial charge in [0.25, 0.3) is 0 Å². The molecule has 2 aliphatic rings. The molecule has 2 heterocycles. The summed E-state index contributed by atoms with van der Waals surface area (Å²) >= 11 is 0. The maximum Gasteiger partial charge on any atom is 0.161 e. The first-order valence-electron chi connectivity index (χ1n) is 15.4. The maximum absolute atomic E-state index is 11.0. The molecule has 2 aliphatic heterocycles. The topological polar surface area (TPSA) is 92.7 Å². The van der Waals surface area contributed by atoms with Gasteiger partial charge in [0.15, 0.2) is 23.0 Å². The Bertz CT molecular complexity index is 1700. The van der Waals surface area contributed by atoms with Crippen LogP contribution in [0.2, 0.25) is 0 Å². The average molecular weight is 611 g/mol. The van der Waals surface area contributed by atoms with Gasteiger partial charge in [0.2, 0.25) is 0 Å². The van der Waals surface area contributed by atoms with Gasteiger partial charge in [-0.1, -0.05) is 12.1 Å². The minimum atomic E-state index is 0.0726. The number of nitrogens with zero attached hydrogens (tertiary/aromatic N) is 1. The molecule has 0 amide bonds. The van der Waals surface area contributed by atoms with Gasteiger partial charge >= 0.3 is 0 Å². The van der Waals surface area contributed by atoms with Crippen LogP contribution >= 0.6 is 0 Å². The Morgan fingerprint density at radius 2 is 1.18 bits per heavy atom. The highest BCUT2D eigenvalue weighted by atomic mass is 16.5. The summed E-state index contributed by atoms with van der Waals surface area (Å²) in [5.74, 6) is 3.17. The first-order valence-corrected chi connectivity index (χ1v) is 15.4. The quantitative estimate of drug-likeness (QED) is 0.213. The Hall–Kier alpha value is -4.40. The normalized spacial score (nSPS) is 17.7. The minimum Gasteiger partial charge on any atom is -0.507 e. The van der Waals surface area contributed by atoms with E-state index in [0.717, 1.165) is 60.7 Å². The van der Waals surface area contributed by atoms with Crippen molar-refractivity contribution in [3.8, 4) is 45.6 Å². The Morgan fingerprint density at radius 3 is 1.76 bits per heavy atom. The molecule has 0 unspecified atom stereocenters. The molecule has 6 rings (SSSR count). The molecule has 236 valence electrons. The number of likely N-dealkylation sites (N-methyl/N-ethyl adjacent to an activating group) is 1. The van der Waals surface area contributed by atoms with Crippen molar-refractivity contribution in [3.63, 3.8) is 0 Å². The Morgan fingerprint density at radius 1 is 0.667 bits per heavy atom. The second kappa shape index (κ2) is 12.9. The summed E-state index contributed by atoms with van der Waals surface area (Å²) in [7, 11) is 8.78. The number of phenolic OH excluding ortho intramolecular Hbond substituents is 2. The molecule has 0 spiro atoms. The van der Waals surface area contributed by atoms with Crippen LogP contribution in [0.4, 0.5) is 0 Å². The van der Waals surface area contributed by atoms with Crippen LogP contribution in [-0.2, 0) is 25.7 Å². The van der Waals surface area contributed by atoms with Crippen LogP contribution in [0.3, 0.4) is 0 Å². The first kappa shape index (κ1) is 30.6. The van der Waals surface area contributed by atoms with Crippen LogP contribution in [0.1, 0.15) is 45.5 Å². The second-order valence-electron chi connectivity index (χ2n) is 11.9. The molecular formula is C37H42N2O6. The molecule has 8 nitrogen and oxygen atoms in total. The zero-order valence-corrected chi connectivity index (χ0v) is 26.6. The largest absolute Gasteiger partial charge is 0.507 e. The van der Waals surface area contributed by atoms with Crippen molar-refractivity contribution in [2.45, 2.75) is 37.8 Å². The molecule has 2 atom stereocenters. The molecular weight excluding hydrogens is 568 g/mol. The summed E-state index contributed by atoms with van der Waals surface area (Å²) < 4.78 is 22.3. The van der Waals surface area contributed by atoms with Crippen LogP contribution in [0, 0.1) is 0 Å². The smallest absolute Gasteiger partial charge is 0.161 e. The summed E-state index contributed by atoms with van der Waals surface area (Å²) in [6, 6.07) is 19.9. The summed E-state index contributed by atoms with van der Waals surface area (Å²) in [4.78, 5) is 2.36. The third kappa shape index (κ3) is 6.00. The Labute approximate surface area is 265 Å². The molecule has 4 aromatic carbocycles. The Kier molecular flexibility index (Phi) is 8.79. The van der Waals surface area contributed by atoms with E-state index in [0.29, 0.717) is 23.3 Å². The van der Waals surface area contributed by atoms with E-state index >= 15 is 0 Å². The van der Waals surface area contributed by atoms with Gasteiger partial charge in [-0.05, 0) is 121 Å². The number of nitrogens with one attached hydrogen (secondary N) is 1. The van der Waals surface area contributed by atoms with Gasteiger partial charge in [-0.15, -0.1) is 0 Å². The van der Waals surface area contributed by atoms with Crippen molar-refractivity contribution in [1.82, 2.24) is 10.2 Å². The van der Waals surface area contributed by atoms with Crippen molar-refractivity contribution in [2.75, 3.05) is 48.6 Å². The monoisotopic (exact) mass is 610 g/mol. The van der Waals surface area contributed by atoms with Crippen molar-refractivity contribution in [2.24, 2.45) is 0 Å². The predicted molar refractivity (Wildman–Crippen MR) is 175 cm³/mol. The SMILES string of the molecule is COc1cc2c(cc1OC)[C@@H](Cc1ccc(O)c(-c3cc(C[C@H]4NCCc5cc(OC)c(OC)cc54)ccc3O)c1)N(C)CC2. The third-order valence-electron chi connectivity index (χ3n) is 9.36. The Balaban J connectivity index is 1.30. The van der Waals surface area contributed by atoms with E-state index in [1.54, 1.807) is 40.6 Å². The third-order valence-corrected chi connectivity index (χ3v) is 9.36. The fraction of sp³-hybridized carbons (Fsp3) is 0.351. The lowest BCUT2D eigenvalue weighted by molar-refractivity contribution is 0.228.